The number of carbonyl (C=O) groups excluding carboxylic acids is 1. The molecule has 0 fully saturated rings. The molecule has 0 amide bonds. The van der Waals surface area contributed by atoms with E-state index in [0.717, 1.165) is 0 Å². The molecule has 0 bridgehead atoms. The highest BCUT2D eigenvalue weighted by atomic mass is 16.5. The fraction of sp³-hybridized carbons (Fsp3) is 0.167. The predicted molar refractivity (Wildman–Crippen MR) is 85.5 cm³/mol. The number of ketones is 1. The van der Waals surface area contributed by atoms with Gasteiger partial charge in [0.05, 0.1) is 26.9 Å². The summed E-state index contributed by atoms with van der Waals surface area (Å²) in [5, 5.41) is 0. The van der Waals surface area contributed by atoms with Crippen molar-refractivity contribution in [1.29, 1.82) is 0 Å². The van der Waals surface area contributed by atoms with Gasteiger partial charge in [0.25, 0.3) is 0 Å². The Morgan fingerprint density at radius 3 is 2.30 bits per heavy atom. The van der Waals surface area contributed by atoms with E-state index in [4.69, 9.17) is 18.9 Å². The summed E-state index contributed by atoms with van der Waals surface area (Å²) in [5.74, 6) is 2.48. The number of hydrogen-bond donors (Lipinski definition) is 0. The fourth-order valence-corrected chi connectivity index (χ4v) is 2.39. The van der Waals surface area contributed by atoms with Crippen molar-refractivity contribution in [2.24, 2.45) is 0 Å². The Morgan fingerprint density at radius 2 is 1.61 bits per heavy atom. The van der Waals surface area contributed by atoms with Crippen LogP contribution in [-0.2, 0) is 0 Å². The third-order valence-electron chi connectivity index (χ3n) is 3.60. The zero-order valence-corrected chi connectivity index (χ0v) is 13.1. The molecular weight excluding hydrogens is 296 g/mol. The lowest BCUT2D eigenvalue weighted by Gasteiger charge is -2.08. The second-order valence-corrected chi connectivity index (χ2v) is 4.91. The first kappa shape index (κ1) is 15.0. The monoisotopic (exact) mass is 312 g/mol. The Labute approximate surface area is 134 Å². The van der Waals surface area contributed by atoms with Gasteiger partial charge in [0, 0.05) is 11.6 Å². The van der Waals surface area contributed by atoms with Crippen molar-refractivity contribution in [2.45, 2.75) is 0 Å². The summed E-state index contributed by atoms with van der Waals surface area (Å²) >= 11 is 0. The van der Waals surface area contributed by atoms with Gasteiger partial charge < -0.3 is 18.9 Å². The minimum absolute atomic E-state index is 0.174. The van der Waals surface area contributed by atoms with Crippen LogP contribution in [0, 0.1) is 0 Å². The molecule has 0 aliphatic carbocycles. The van der Waals surface area contributed by atoms with E-state index in [1.807, 2.05) is 0 Å². The van der Waals surface area contributed by atoms with Crippen molar-refractivity contribution in [3.63, 3.8) is 0 Å². The maximum atomic E-state index is 12.4. The standard InChI is InChI=1S/C18H16O5/c1-20-12-5-7-15(22-3)11(8-12)9-17-18(19)14-6-4-13(21-2)10-16(14)23-17/h4-10H,1-3H3/b17-9-. The van der Waals surface area contributed by atoms with E-state index in [9.17, 15) is 4.79 Å². The summed E-state index contributed by atoms with van der Waals surface area (Å²) in [6.07, 6.45) is 1.65. The number of ether oxygens (including phenoxy) is 4. The van der Waals surface area contributed by atoms with Crippen molar-refractivity contribution < 1.29 is 23.7 Å². The zero-order chi connectivity index (χ0) is 16.4. The molecule has 0 N–H and O–H groups in total. The number of rotatable bonds is 4. The Morgan fingerprint density at radius 1 is 0.913 bits per heavy atom. The van der Waals surface area contributed by atoms with Gasteiger partial charge in [-0.25, -0.2) is 0 Å². The Balaban J connectivity index is 2.00. The van der Waals surface area contributed by atoms with Crippen molar-refractivity contribution in [3.8, 4) is 23.0 Å². The number of fused-ring (bicyclic) bond motifs is 1. The molecule has 5 heteroatoms. The molecule has 1 aliphatic heterocycles. The highest BCUT2D eigenvalue weighted by Gasteiger charge is 2.28. The smallest absolute Gasteiger partial charge is 0.231 e. The van der Waals surface area contributed by atoms with Crippen LogP contribution in [0.5, 0.6) is 23.0 Å². The average Bonchev–Trinajstić information content (AvgIpc) is 2.90. The molecule has 2 aromatic rings. The van der Waals surface area contributed by atoms with E-state index in [2.05, 4.69) is 0 Å². The first-order valence-corrected chi connectivity index (χ1v) is 7.00. The largest absolute Gasteiger partial charge is 0.497 e. The maximum Gasteiger partial charge on any atom is 0.231 e. The Hall–Kier alpha value is -2.95. The molecule has 0 spiro atoms. The lowest BCUT2D eigenvalue weighted by Crippen LogP contribution is -1.99. The van der Waals surface area contributed by atoms with Crippen molar-refractivity contribution in [2.75, 3.05) is 21.3 Å². The number of Topliss-reactive ketones (excluding diaryl/α,β-unsaturated/α-hetero) is 1. The molecule has 0 aromatic heterocycles. The molecule has 0 radical (unpaired) electrons. The summed E-state index contributed by atoms with van der Waals surface area (Å²) in [6, 6.07) is 10.5. The number of methoxy groups -OCH3 is 3. The van der Waals surface area contributed by atoms with Gasteiger partial charge >= 0.3 is 0 Å². The molecule has 3 rings (SSSR count). The Kier molecular flexibility index (Phi) is 3.93. The van der Waals surface area contributed by atoms with Crippen molar-refractivity contribution in [3.05, 3.63) is 53.3 Å². The van der Waals surface area contributed by atoms with Gasteiger partial charge in [-0.05, 0) is 36.4 Å². The van der Waals surface area contributed by atoms with Gasteiger partial charge in [-0.1, -0.05) is 0 Å². The van der Waals surface area contributed by atoms with Crippen molar-refractivity contribution >= 4 is 11.9 Å². The van der Waals surface area contributed by atoms with E-state index in [1.54, 1.807) is 63.8 Å². The predicted octanol–water partition coefficient (Wildman–Crippen LogP) is 3.33. The summed E-state index contributed by atoms with van der Waals surface area (Å²) in [7, 11) is 4.72. The van der Waals surface area contributed by atoms with Crippen LogP contribution in [0.2, 0.25) is 0 Å². The van der Waals surface area contributed by atoms with Crippen LogP contribution in [0.1, 0.15) is 15.9 Å². The lowest BCUT2D eigenvalue weighted by atomic mass is 10.1. The highest BCUT2D eigenvalue weighted by Crippen LogP contribution is 2.36. The number of hydrogen-bond acceptors (Lipinski definition) is 5. The SMILES string of the molecule is COc1ccc(OC)c(/C=C2\Oc3cc(OC)ccc3C2=O)c1. The van der Waals surface area contributed by atoms with Crippen LogP contribution < -0.4 is 18.9 Å². The minimum atomic E-state index is -0.174. The van der Waals surface area contributed by atoms with E-state index in [-0.39, 0.29) is 11.5 Å². The molecule has 0 atom stereocenters. The molecule has 1 heterocycles. The maximum absolute atomic E-state index is 12.4. The molecule has 118 valence electrons. The normalized spacial score (nSPS) is 14.4. The molecule has 1 aliphatic rings. The van der Waals surface area contributed by atoms with E-state index >= 15 is 0 Å². The van der Waals surface area contributed by atoms with Gasteiger partial charge in [0.15, 0.2) is 5.76 Å². The molecule has 0 saturated heterocycles. The molecule has 23 heavy (non-hydrogen) atoms. The van der Waals surface area contributed by atoms with Crippen LogP contribution in [0.3, 0.4) is 0 Å². The first-order valence-electron chi connectivity index (χ1n) is 7.00. The van der Waals surface area contributed by atoms with E-state index in [0.29, 0.717) is 34.1 Å². The van der Waals surface area contributed by atoms with Crippen LogP contribution in [0.15, 0.2) is 42.2 Å². The molecular formula is C18H16O5. The third kappa shape index (κ3) is 2.73. The lowest BCUT2D eigenvalue weighted by molar-refractivity contribution is 0.101. The highest BCUT2D eigenvalue weighted by molar-refractivity contribution is 6.14. The molecule has 0 saturated carbocycles. The Bertz CT molecular complexity index is 792. The number of carbonyl (C=O) groups is 1. The van der Waals surface area contributed by atoms with Gasteiger partial charge in [0.2, 0.25) is 5.78 Å². The van der Waals surface area contributed by atoms with E-state index in [1.165, 1.54) is 0 Å². The summed E-state index contributed by atoms with van der Waals surface area (Å²) in [6.45, 7) is 0. The van der Waals surface area contributed by atoms with Crippen LogP contribution in [0.25, 0.3) is 6.08 Å². The second-order valence-electron chi connectivity index (χ2n) is 4.91. The van der Waals surface area contributed by atoms with Crippen LogP contribution in [0.4, 0.5) is 0 Å². The average molecular weight is 312 g/mol. The minimum Gasteiger partial charge on any atom is -0.497 e. The van der Waals surface area contributed by atoms with Crippen LogP contribution in [-0.4, -0.2) is 27.1 Å². The van der Waals surface area contributed by atoms with Gasteiger partial charge in [-0.15, -0.1) is 0 Å². The first-order chi connectivity index (χ1) is 11.2. The third-order valence-corrected chi connectivity index (χ3v) is 3.60. The number of allylic oxidation sites excluding steroid dienone is 1. The second kappa shape index (κ2) is 6.04. The molecule has 2 aromatic carbocycles. The molecule has 0 unspecified atom stereocenters. The van der Waals surface area contributed by atoms with Crippen molar-refractivity contribution in [1.82, 2.24) is 0 Å². The summed E-state index contributed by atoms with van der Waals surface area (Å²) in [4.78, 5) is 12.4. The summed E-state index contributed by atoms with van der Waals surface area (Å²) in [5.41, 5.74) is 1.22. The fourth-order valence-electron chi connectivity index (χ4n) is 2.39. The quantitative estimate of drug-likeness (QED) is 0.811. The molecule has 5 nitrogen and oxygen atoms in total. The van der Waals surface area contributed by atoms with Gasteiger partial charge in [-0.2, -0.15) is 0 Å². The number of benzene rings is 2. The topological polar surface area (TPSA) is 54.0 Å². The van der Waals surface area contributed by atoms with Crippen LogP contribution >= 0.6 is 0 Å². The zero-order valence-electron chi connectivity index (χ0n) is 13.1. The van der Waals surface area contributed by atoms with E-state index < -0.39 is 0 Å². The summed E-state index contributed by atoms with van der Waals surface area (Å²) < 4.78 is 21.3. The van der Waals surface area contributed by atoms with Gasteiger partial charge in [0.1, 0.15) is 23.0 Å². The van der Waals surface area contributed by atoms with Gasteiger partial charge in [-0.3, -0.25) is 4.79 Å².